The number of rotatable bonds is 10. The minimum atomic E-state index is -0.142. The van der Waals surface area contributed by atoms with Crippen LogP contribution in [-0.4, -0.2) is 25.0 Å². The van der Waals surface area contributed by atoms with E-state index in [0.717, 1.165) is 16.7 Å². The van der Waals surface area contributed by atoms with Gasteiger partial charge in [0.15, 0.2) is 11.5 Å². The van der Waals surface area contributed by atoms with E-state index in [2.05, 4.69) is 0 Å². The van der Waals surface area contributed by atoms with Crippen LogP contribution in [0.25, 0.3) is 0 Å². The molecule has 0 aliphatic heterocycles. The number of ether oxygens (including phenoxy) is 3. The summed E-state index contributed by atoms with van der Waals surface area (Å²) >= 11 is 0. The number of nitrogens with zero attached hydrogens (tertiary/aromatic N) is 1. The molecule has 0 aromatic heterocycles. The normalized spacial score (nSPS) is 11.4. The molecule has 0 aliphatic rings. The maximum Gasteiger partial charge on any atom is 0.254 e. The molecule has 0 saturated heterocycles. The second kappa shape index (κ2) is 11.9. The van der Waals surface area contributed by atoms with Gasteiger partial charge in [-0.3, -0.25) is 4.79 Å². The second-order valence-corrected chi connectivity index (χ2v) is 8.51. The van der Waals surface area contributed by atoms with E-state index in [1.807, 2.05) is 103 Å². The lowest BCUT2D eigenvalue weighted by molar-refractivity contribution is 0.0674. The number of methoxy groups -OCH3 is 2. The third-order valence-electron chi connectivity index (χ3n) is 6.17. The number of amides is 1. The summed E-state index contributed by atoms with van der Waals surface area (Å²) in [6.45, 7) is 2.88. The van der Waals surface area contributed by atoms with Crippen molar-refractivity contribution >= 4 is 5.91 Å². The molecule has 0 heterocycles. The second-order valence-electron chi connectivity index (χ2n) is 8.51. The highest BCUT2D eigenvalue weighted by atomic mass is 16.5. The van der Waals surface area contributed by atoms with Crippen LogP contribution in [0.4, 0.5) is 0 Å². The molecular weight excluding hydrogens is 450 g/mol. The van der Waals surface area contributed by atoms with Gasteiger partial charge in [-0.1, -0.05) is 66.7 Å². The number of hydrogen-bond acceptors (Lipinski definition) is 4. The van der Waals surface area contributed by atoms with E-state index in [0.29, 0.717) is 36.0 Å². The van der Waals surface area contributed by atoms with Crippen LogP contribution < -0.4 is 14.2 Å². The summed E-state index contributed by atoms with van der Waals surface area (Å²) in [7, 11) is 3.24. The van der Waals surface area contributed by atoms with Gasteiger partial charge in [0, 0.05) is 12.1 Å². The fourth-order valence-corrected chi connectivity index (χ4v) is 4.06. The Labute approximate surface area is 212 Å². The highest BCUT2D eigenvalue weighted by molar-refractivity contribution is 5.94. The highest BCUT2D eigenvalue weighted by Crippen LogP contribution is 2.31. The molecule has 5 heteroatoms. The van der Waals surface area contributed by atoms with Gasteiger partial charge in [0.1, 0.15) is 12.4 Å². The Morgan fingerprint density at radius 2 is 1.42 bits per heavy atom. The van der Waals surface area contributed by atoms with E-state index in [-0.39, 0.29) is 11.9 Å². The predicted molar refractivity (Wildman–Crippen MR) is 141 cm³/mol. The standard InChI is InChI=1S/C31H31NO4/c1-23(26-12-8-5-9-13-26)32(31(33)27-15-17-28(34-2)18-16-27)21-25-14-19-29(35-3)30(20-25)36-22-24-10-6-4-7-11-24/h4-20,23H,21-22H2,1-3H3. The Balaban J connectivity index is 1.62. The van der Waals surface area contributed by atoms with Crippen LogP contribution in [0.3, 0.4) is 0 Å². The highest BCUT2D eigenvalue weighted by Gasteiger charge is 2.24. The quantitative estimate of drug-likeness (QED) is 0.253. The zero-order valence-electron chi connectivity index (χ0n) is 20.9. The minimum absolute atomic E-state index is 0.0587. The number of hydrogen-bond donors (Lipinski definition) is 0. The SMILES string of the molecule is COc1ccc(C(=O)N(Cc2ccc(OC)c(OCc3ccccc3)c2)C(C)c2ccccc2)cc1. The first-order valence-electron chi connectivity index (χ1n) is 11.9. The lowest BCUT2D eigenvalue weighted by atomic mass is 10.0. The van der Waals surface area contributed by atoms with Gasteiger partial charge in [0.25, 0.3) is 5.91 Å². The van der Waals surface area contributed by atoms with Crippen LogP contribution in [-0.2, 0) is 13.2 Å². The monoisotopic (exact) mass is 481 g/mol. The van der Waals surface area contributed by atoms with Gasteiger partial charge < -0.3 is 19.1 Å². The van der Waals surface area contributed by atoms with E-state index in [1.54, 1.807) is 26.4 Å². The molecule has 4 aromatic carbocycles. The van der Waals surface area contributed by atoms with Crippen molar-refractivity contribution in [2.75, 3.05) is 14.2 Å². The summed E-state index contributed by atoms with van der Waals surface area (Å²) in [5, 5.41) is 0. The Morgan fingerprint density at radius 3 is 2.06 bits per heavy atom. The number of carbonyl (C=O) groups is 1. The lowest BCUT2D eigenvalue weighted by Crippen LogP contribution is -2.33. The molecule has 0 N–H and O–H groups in total. The van der Waals surface area contributed by atoms with Crippen LogP contribution in [0.5, 0.6) is 17.2 Å². The van der Waals surface area contributed by atoms with Crippen molar-refractivity contribution in [3.8, 4) is 17.2 Å². The van der Waals surface area contributed by atoms with Gasteiger partial charge in [-0.25, -0.2) is 0 Å². The molecule has 1 atom stereocenters. The van der Waals surface area contributed by atoms with Crippen molar-refractivity contribution in [2.45, 2.75) is 26.1 Å². The Hall–Kier alpha value is -4.25. The Morgan fingerprint density at radius 1 is 0.750 bits per heavy atom. The summed E-state index contributed by atoms with van der Waals surface area (Å²) in [6, 6.07) is 32.9. The first kappa shape index (κ1) is 24.9. The van der Waals surface area contributed by atoms with Crippen LogP contribution in [0.2, 0.25) is 0 Å². The van der Waals surface area contributed by atoms with E-state index < -0.39 is 0 Å². The summed E-state index contributed by atoms with van der Waals surface area (Å²) in [5.74, 6) is 1.95. The van der Waals surface area contributed by atoms with Crippen LogP contribution in [0.15, 0.2) is 103 Å². The van der Waals surface area contributed by atoms with Crippen molar-refractivity contribution < 1.29 is 19.0 Å². The zero-order chi connectivity index (χ0) is 25.3. The molecule has 0 aliphatic carbocycles. The molecule has 1 amide bonds. The molecule has 36 heavy (non-hydrogen) atoms. The average Bonchev–Trinajstić information content (AvgIpc) is 2.95. The maximum absolute atomic E-state index is 13.7. The molecular formula is C31H31NO4. The van der Waals surface area contributed by atoms with Gasteiger partial charge in [0.05, 0.1) is 20.3 Å². The van der Waals surface area contributed by atoms with Gasteiger partial charge >= 0.3 is 0 Å². The fraction of sp³-hybridized carbons (Fsp3) is 0.194. The van der Waals surface area contributed by atoms with Crippen LogP contribution >= 0.6 is 0 Å². The van der Waals surface area contributed by atoms with E-state index in [9.17, 15) is 4.79 Å². The summed E-state index contributed by atoms with van der Waals surface area (Å²) < 4.78 is 16.9. The van der Waals surface area contributed by atoms with Gasteiger partial charge in [-0.2, -0.15) is 0 Å². The first-order valence-corrected chi connectivity index (χ1v) is 11.9. The molecule has 4 aromatic rings. The number of carbonyl (C=O) groups excluding carboxylic acids is 1. The summed E-state index contributed by atoms with van der Waals surface area (Å²) in [4.78, 5) is 15.6. The molecule has 4 rings (SSSR count). The molecule has 0 fully saturated rings. The van der Waals surface area contributed by atoms with E-state index in [1.165, 1.54) is 0 Å². The predicted octanol–water partition coefficient (Wildman–Crippen LogP) is 6.69. The first-order chi connectivity index (χ1) is 17.6. The minimum Gasteiger partial charge on any atom is -0.497 e. The zero-order valence-corrected chi connectivity index (χ0v) is 20.9. The third-order valence-corrected chi connectivity index (χ3v) is 6.17. The van der Waals surface area contributed by atoms with Crippen molar-refractivity contribution in [3.05, 3.63) is 125 Å². The number of benzene rings is 4. The summed E-state index contributed by atoms with van der Waals surface area (Å²) in [5.41, 5.74) is 3.68. The van der Waals surface area contributed by atoms with Gasteiger partial charge in [-0.15, -0.1) is 0 Å². The lowest BCUT2D eigenvalue weighted by Gasteiger charge is -2.30. The van der Waals surface area contributed by atoms with Crippen molar-refractivity contribution in [1.82, 2.24) is 4.90 Å². The van der Waals surface area contributed by atoms with Crippen molar-refractivity contribution in [1.29, 1.82) is 0 Å². The van der Waals surface area contributed by atoms with Gasteiger partial charge in [0.2, 0.25) is 0 Å². The van der Waals surface area contributed by atoms with Gasteiger partial charge in [-0.05, 0) is 60.0 Å². The van der Waals surface area contributed by atoms with E-state index in [4.69, 9.17) is 14.2 Å². The van der Waals surface area contributed by atoms with Crippen molar-refractivity contribution in [3.63, 3.8) is 0 Å². The van der Waals surface area contributed by atoms with Crippen LogP contribution in [0.1, 0.15) is 40.0 Å². The Bertz CT molecular complexity index is 1260. The fourth-order valence-electron chi connectivity index (χ4n) is 4.06. The van der Waals surface area contributed by atoms with E-state index >= 15 is 0 Å². The Kier molecular flexibility index (Phi) is 8.24. The molecule has 1 unspecified atom stereocenters. The average molecular weight is 482 g/mol. The molecule has 0 saturated carbocycles. The molecule has 0 spiro atoms. The van der Waals surface area contributed by atoms with Crippen molar-refractivity contribution in [2.24, 2.45) is 0 Å². The molecule has 184 valence electrons. The molecule has 0 radical (unpaired) electrons. The van der Waals surface area contributed by atoms with Crippen LogP contribution in [0, 0.1) is 0 Å². The largest absolute Gasteiger partial charge is 0.497 e. The molecule has 5 nitrogen and oxygen atoms in total. The summed E-state index contributed by atoms with van der Waals surface area (Å²) in [6.07, 6.45) is 0. The third kappa shape index (κ3) is 6.05. The maximum atomic E-state index is 13.7. The smallest absolute Gasteiger partial charge is 0.254 e. The topological polar surface area (TPSA) is 48.0 Å². The molecule has 0 bridgehead atoms.